The van der Waals surface area contributed by atoms with E-state index in [9.17, 15) is 0 Å². The Morgan fingerprint density at radius 2 is 1.90 bits per heavy atom. The molecule has 3 heteroatoms. The van der Waals surface area contributed by atoms with Crippen LogP contribution in [0, 0.1) is 0 Å². The molecule has 0 bridgehead atoms. The van der Waals surface area contributed by atoms with Gasteiger partial charge in [-0.2, -0.15) is 0 Å². The predicted molar refractivity (Wildman–Crippen MR) is 45.6 cm³/mol. The van der Waals surface area contributed by atoms with E-state index in [1.165, 1.54) is 0 Å². The Hall–Kier alpha value is 0.137. The van der Waals surface area contributed by atoms with E-state index < -0.39 is 10.0 Å². The smallest absolute Gasteiger partial charge is 0.304 e. The van der Waals surface area contributed by atoms with Gasteiger partial charge < -0.3 is 8.85 Å². The second-order valence-corrected chi connectivity index (χ2v) is 4.22. The van der Waals surface area contributed by atoms with Gasteiger partial charge in [0, 0.05) is 12.2 Å². The molecular formula is C7H18O2Si. The summed E-state index contributed by atoms with van der Waals surface area (Å²) in [6.45, 7) is 9.10. The quantitative estimate of drug-likeness (QED) is 0.457. The third-order valence-corrected chi connectivity index (χ3v) is 2.36. The molecule has 0 spiro atoms. The lowest BCUT2D eigenvalue weighted by Crippen LogP contribution is -2.23. The van der Waals surface area contributed by atoms with Crippen LogP contribution < -0.4 is 0 Å². The first kappa shape index (κ1) is 10.1. The second kappa shape index (κ2) is 4.88. The molecule has 0 unspecified atom stereocenters. The summed E-state index contributed by atoms with van der Waals surface area (Å²) >= 11 is 0. The minimum Gasteiger partial charge on any atom is -0.399 e. The fourth-order valence-electron chi connectivity index (χ4n) is 0.422. The highest BCUT2D eigenvalue weighted by molar-refractivity contribution is 6.18. The maximum Gasteiger partial charge on any atom is 0.304 e. The molecule has 0 amide bonds. The van der Waals surface area contributed by atoms with Crippen LogP contribution in [-0.2, 0) is 8.85 Å². The fraction of sp³-hybridized carbons (Fsp3) is 1.00. The molecule has 0 atom stereocenters. The van der Waals surface area contributed by atoms with Crippen LogP contribution in [0.3, 0.4) is 0 Å². The summed E-state index contributed by atoms with van der Waals surface area (Å²) in [5, 5.41) is 0. The van der Waals surface area contributed by atoms with Gasteiger partial charge in [0.2, 0.25) is 0 Å². The fourth-order valence-corrected chi connectivity index (χ4v) is 1.27. The van der Waals surface area contributed by atoms with Crippen molar-refractivity contribution in [3.8, 4) is 0 Å². The maximum absolute atomic E-state index is 5.45. The second-order valence-electron chi connectivity index (χ2n) is 3.28. The average molecular weight is 162 g/mol. The molecule has 0 saturated heterocycles. The summed E-state index contributed by atoms with van der Waals surface area (Å²) in [5.74, 6) is 0. The molecule has 0 radical (unpaired) electrons. The van der Waals surface area contributed by atoms with Gasteiger partial charge in [0.1, 0.15) is 0 Å². The van der Waals surface area contributed by atoms with Crippen molar-refractivity contribution < 1.29 is 8.85 Å². The monoisotopic (exact) mass is 162 g/mol. The molecule has 0 aromatic heterocycles. The van der Waals surface area contributed by atoms with E-state index in [4.69, 9.17) is 8.85 Å². The van der Waals surface area contributed by atoms with E-state index in [0.29, 0.717) is 0 Å². The number of rotatable bonds is 4. The molecule has 0 aliphatic heterocycles. The molecular weight excluding hydrogens is 144 g/mol. The summed E-state index contributed by atoms with van der Waals surface area (Å²) in [6.07, 6.45) is 1.08. The molecule has 0 aliphatic carbocycles. The summed E-state index contributed by atoms with van der Waals surface area (Å²) in [6, 6.07) is 0. The molecule has 10 heavy (non-hydrogen) atoms. The Balaban J connectivity index is 3.04. The molecule has 0 aromatic rings. The first-order valence-corrected chi connectivity index (χ1v) is 4.93. The van der Waals surface area contributed by atoms with Crippen LogP contribution in [0.5, 0.6) is 0 Å². The molecule has 2 nitrogen and oxygen atoms in total. The first-order valence-electron chi connectivity index (χ1n) is 3.78. The highest BCUT2D eigenvalue weighted by Gasteiger charge is 2.08. The van der Waals surface area contributed by atoms with E-state index in [2.05, 4.69) is 27.7 Å². The highest BCUT2D eigenvalue weighted by Crippen LogP contribution is 2.04. The summed E-state index contributed by atoms with van der Waals surface area (Å²) in [7, 11) is -0.704. The minimum atomic E-state index is -0.704. The van der Waals surface area contributed by atoms with Crippen molar-refractivity contribution in [2.45, 2.75) is 39.7 Å². The van der Waals surface area contributed by atoms with Gasteiger partial charge in [-0.15, -0.1) is 0 Å². The van der Waals surface area contributed by atoms with E-state index in [1.807, 2.05) is 0 Å². The Morgan fingerprint density at radius 3 is 2.30 bits per heavy atom. The van der Waals surface area contributed by atoms with Gasteiger partial charge in [-0.05, 0) is 27.2 Å². The van der Waals surface area contributed by atoms with Crippen LogP contribution in [0.2, 0.25) is 0 Å². The Bertz CT molecular complexity index is 78.2. The summed E-state index contributed by atoms with van der Waals surface area (Å²) in [4.78, 5) is 0. The van der Waals surface area contributed by atoms with Gasteiger partial charge in [0.15, 0.2) is 0 Å². The van der Waals surface area contributed by atoms with Crippen LogP contribution >= 0.6 is 0 Å². The molecule has 0 N–H and O–H groups in total. The zero-order valence-electron chi connectivity index (χ0n) is 7.44. The molecule has 0 fully saturated rings. The van der Waals surface area contributed by atoms with Gasteiger partial charge in [0.05, 0.1) is 0 Å². The van der Waals surface area contributed by atoms with E-state index in [-0.39, 0.29) is 5.60 Å². The number of hydrogen-bond donors (Lipinski definition) is 0. The van der Waals surface area contributed by atoms with Gasteiger partial charge >= 0.3 is 10.0 Å². The van der Waals surface area contributed by atoms with Gasteiger partial charge in [0.25, 0.3) is 0 Å². The SMILES string of the molecule is CCCO[SiH2]OC(C)(C)C. The van der Waals surface area contributed by atoms with Gasteiger partial charge in [-0.3, -0.25) is 0 Å². The third kappa shape index (κ3) is 8.14. The Kier molecular flexibility index (Phi) is 4.94. The van der Waals surface area contributed by atoms with Crippen molar-refractivity contribution in [1.82, 2.24) is 0 Å². The Morgan fingerprint density at radius 1 is 1.30 bits per heavy atom. The standard InChI is InChI=1S/C7H18O2Si/c1-5-6-8-10-9-7(2,3)4/h5-6,10H2,1-4H3. The normalized spacial score (nSPS) is 13.2. The van der Waals surface area contributed by atoms with Crippen molar-refractivity contribution in [2.75, 3.05) is 6.61 Å². The minimum absolute atomic E-state index is 0.0139. The molecule has 0 heterocycles. The van der Waals surface area contributed by atoms with Gasteiger partial charge in [-0.1, -0.05) is 6.92 Å². The van der Waals surface area contributed by atoms with E-state index >= 15 is 0 Å². The number of hydrogen-bond acceptors (Lipinski definition) is 2. The lowest BCUT2D eigenvalue weighted by atomic mass is 10.2. The lowest BCUT2D eigenvalue weighted by molar-refractivity contribution is 0.0986. The van der Waals surface area contributed by atoms with Crippen molar-refractivity contribution in [2.24, 2.45) is 0 Å². The largest absolute Gasteiger partial charge is 0.399 e. The maximum atomic E-state index is 5.45. The Labute approximate surface area is 66.0 Å². The average Bonchev–Trinajstić information content (AvgIpc) is 1.78. The molecule has 0 saturated carbocycles. The van der Waals surface area contributed by atoms with Crippen molar-refractivity contribution in [3.05, 3.63) is 0 Å². The molecule has 0 rings (SSSR count). The van der Waals surface area contributed by atoms with Gasteiger partial charge in [-0.25, -0.2) is 0 Å². The predicted octanol–water partition coefficient (Wildman–Crippen LogP) is 1.23. The zero-order chi connectivity index (χ0) is 8.04. The topological polar surface area (TPSA) is 18.5 Å². The van der Waals surface area contributed by atoms with Crippen molar-refractivity contribution in [3.63, 3.8) is 0 Å². The zero-order valence-corrected chi connectivity index (χ0v) is 8.85. The third-order valence-electron chi connectivity index (χ3n) is 0.924. The van der Waals surface area contributed by atoms with Crippen LogP contribution in [0.4, 0.5) is 0 Å². The lowest BCUT2D eigenvalue weighted by Gasteiger charge is -2.19. The molecule has 0 aliphatic rings. The van der Waals surface area contributed by atoms with Crippen LogP contribution in [0.15, 0.2) is 0 Å². The molecule has 0 aromatic carbocycles. The van der Waals surface area contributed by atoms with Crippen molar-refractivity contribution >= 4 is 10.0 Å². The van der Waals surface area contributed by atoms with Crippen LogP contribution in [0.1, 0.15) is 34.1 Å². The highest BCUT2D eigenvalue weighted by atomic mass is 28.3. The first-order chi connectivity index (χ1) is 4.56. The van der Waals surface area contributed by atoms with E-state index in [0.717, 1.165) is 13.0 Å². The van der Waals surface area contributed by atoms with Crippen molar-refractivity contribution in [1.29, 1.82) is 0 Å². The summed E-state index contributed by atoms with van der Waals surface area (Å²) < 4.78 is 10.7. The summed E-state index contributed by atoms with van der Waals surface area (Å²) in [5.41, 5.74) is -0.0139. The molecule has 62 valence electrons. The van der Waals surface area contributed by atoms with E-state index in [1.54, 1.807) is 0 Å². The van der Waals surface area contributed by atoms with Crippen LogP contribution in [0.25, 0.3) is 0 Å². The van der Waals surface area contributed by atoms with Crippen LogP contribution in [-0.4, -0.2) is 22.2 Å².